The van der Waals surface area contributed by atoms with Crippen LogP contribution in [0, 0.1) is 17.3 Å². The number of fused-ring (bicyclic) bond motifs is 5. The highest BCUT2D eigenvalue weighted by Gasteiger charge is 2.53. The van der Waals surface area contributed by atoms with E-state index in [1.165, 1.54) is 30.5 Å². The molecule has 4 nitrogen and oxygen atoms in total. The molecule has 0 aliphatic heterocycles. The Labute approximate surface area is 154 Å². The Morgan fingerprint density at radius 3 is 2.65 bits per heavy atom. The molecule has 1 aromatic rings. The summed E-state index contributed by atoms with van der Waals surface area (Å²) < 4.78 is 10.9. The van der Waals surface area contributed by atoms with E-state index in [2.05, 4.69) is 19.1 Å². The van der Waals surface area contributed by atoms with E-state index < -0.39 is 0 Å². The molecule has 4 rings (SSSR count). The van der Waals surface area contributed by atoms with Gasteiger partial charge in [0.15, 0.2) is 0 Å². The van der Waals surface area contributed by atoms with Gasteiger partial charge in [-0.25, -0.2) is 0 Å². The summed E-state index contributed by atoms with van der Waals surface area (Å²) in [6.45, 7) is 5.24. The fourth-order valence-corrected chi connectivity index (χ4v) is 5.53. The van der Waals surface area contributed by atoms with Crippen molar-refractivity contribution >= 4 is 17.5 Å². The van der Waals surface area contributed by atoms with Gasteiger partial charge in [0.25, 0.3) is 0 Å². The zero-order chi connectivity index (χ0) is 18.5. The molecule has 0 bridgehead atoms. The van der Waals surface area contributed by atoms with Crippen LogP contribution in [0.5, 0.6) is 5.75 Å². The van der Waals surface area contributed by atoms with Crippen molar-refractivity contribution in [2.75, 3.05) is 0 Å². The quantitative estimate of drug-likeness (QED) is 0.587. The van der Waals surface area contributed by atoms with Crippen LogP contribution in [0.1, 0.15) is 57.6 Å². The van der Waals surface area contributed by atoms with Gasteiger partial charge in [-0.3, -0.25) is 9.59 Å². The maximum absolute atomic E-state index is 11.5. The summed E-state index contributed by atoms with van der Waals surface area (Å²) in [5.41, 5.74) is 4.06. The van der Waals surface area contributed by atoms with Gasteiger partial charge in [-0.15, -0.1) is 0 Å². The predicted molar refractivity (Wildman–Crippen MR) is 98.5 cm³/mol. The number of carbonyl (C=O) groups excluding carboxylic acids is 2. The van der Waals surface area contributed by atoms with E-state index in [0.29, 0.717) is 17.6 Å². The van der Waals surface area contributed by atoms with Crippen molar-refractivity contribution in [3.8, 4) is 5.75 Å². The van der Waals surface area contributed by atoms with Gasteiger partial charge >= 0.3 is 11.9 Å². The minimum atomic E-state index is -0.284. The third-order valence-electron chi connectivity index (χ3n) is 6.65. The number of aryl methyl sites for hydroxylation is 1. The van der Waals surface area contributed by atoms with Crippen LogP contribution in [0.2, 0.25) is 0 Å². The van der Waals surface area contributed by atoms with Crippen LogP contribution in [0.25, 0.3) is 5.57 Å². The highest BCUT2D eigenvalue weighted by molar-refractivity contribution is 5.75. The number of benzene rings is 1. The molecule has 138 valence electrons. The first-order chi connectivity index (χ1) is 12.4. The largest absolute Gasteiger partial charge is 0.462 e. The first-order valence-corrected chi connectivity index (χ1v) is 9.57. The van der Waals surface area contributed by atoms with Gasteiger partial charge in [0, 0.05) is 19.3 Å². The number of carbonyl (C=O) groups is 2. The van der Waals surface area contributed by atoms with Crippen molar-refractivity contribution in [1.29, 1.82) is 0 Å². The molecular formula is C22H26O4. The Bertz CT molecular complexity index is 793. The van der Waals surface area contributed by atoms with E-state index >= 15 is 0 Å². The molecule has 0 radical (unpaired) electrons. The Hall–Kier alpha value is -2.10. The van der Waals surface area contributed by atoms with E-state index in [4.69, 9.17) is 9.47 Å². The van der Waals surface area contributed by atoms with Crippen molar-refractivity contribution in [1.82, 2.24) is 0 Å². The van der Waals surface area contributed by atoms with Crippen molar-refractivity contribution in [2.45, 2.75) is 59.0 Å². The van der Waals surface area contributed by atoms with Gasteiger partial charge in [0.05, 0.1) is 0 Å². The molecule has 4 heteroatoms. The molecule has 3 aliphatic rings. The summed E-state index contributed by atoms with van der Waals surface area (Å²) in [7, 11) is 0. The molecule has 3 aliphatic carbocycles. The fraction of sp³-hybridized carbons (Fsp3) is 0.545. The second-order valence-corrected chi connectivity index (χ2v) is 8.21. The monoisotopic (exact) mass is 354 g/mol. The van der Waals surface area contributed by atoms with E-state index in [1.54, 1.807) is 0 Å². The van der Waals surface area contributed by atoms with E-state index in [9.17, 15) is 9.59 Å². The smallest absolute Gasteiger partial charge is 0.308 e. The van der Waals surface area contributed by atoms with Crippen LogP contribution < -0.4 is 4.74 Å². The molecule has 0 spiro atoms. The van der Waals surface area contributed by atoms with Crippen molar-refractivity contribution in [3.63, 3.8) is 0 Å². The minimum absolute atomic E-state index is 0.0375. The molecule has 0 N–H and O–H groups in total. The standard InChI is InChI=1S/C22H26O4/c1-13(23)25-16-5-7-17-15(12-16)4-6-19-18(17)10-11-22(3)20(19)8-9-21(22)26-14(2)24/h5,7,10,12,19-21H,4,6,8-9,11H2,1-3H3/t19-,20-,21-,22-/m0/s1. The van der Waals surface area contributed by atoms with Crippen LogP contribution in [-0.4, -0.2) is 18.0 Å². The fourth-order valence-electron chi connectivity index (χ4n) is 5.53. The average molecular weight is 354 g/mol. The lowest BCUT2D eigenvalue weighted by Gasteiger charge is -2.46. The third-order valence-corrected chi connectivity index (χ3v) is 6.65. The second-order valence-electron chi connectivity index (χ2n) is 8.21. The molecule has 4 atom stereocenters. The topological polar surface area (TPSA) is 52.6 Å². The van der Waals surface area contributed by atoms with E-state index in [-0.39, 0.29) is 23.5 Å². The van der Waals surface area contributed by atoms with Crippen LogP contribution in [0.15, 0.2) is 24.3 Å². The van der Waals surface area contributed by atoms with Gasteiger partial charge in [0.1, 0.15) is 11.9 Å². The summed E-state index contributed by atoms with van der Waals surface area (Å²) in [5, 5.41) is 0. The van der Waals surface area contributed by atoms with Crippen molar-refractivity contribution < 1.29 is 19.1 Å². The molecule has 1 fully saturated rings. The molecule has 0 saturated heterocycles. The van der Waals surface area contributed by atoms with Gasteiger partial charge in [-0.1, -0.05) is 19.1 Å². The number of ether oxygens (including phenoxy) is 2. The zero-order valence-corrected chi connectivity index (χ0v) is 15.7. The Kier molecular flexibility index (Phi) is 4.17. The number of allylic oxidation sites excluding steroid dienone is 2. The molecule has 0 amide bonds. The highest BCUT2D eigenvalue weighted by Crippen LogP contribution is 2.59. The molecule has 1 saturated carbocycles. The maximum atomic E-state index is 11.5. The predicted octanol–water partition coefficient (Wildman–Crippen LogP) is 4.31. The summed E-state index contributed by atoms with van der Waals surface area (Å²) >= 11 is 0. The lowest BCUT2D eigenvalue weighted by Crippen LogP contribution is -2.41. The summed E-state index contributed by atoms with van der Waals surface area (Å²) in [6, 6.07) is 6.01. The molecule has 0 aromatic heterocycles. The number of esters is 2. The van der Waals surface area contributed by atoms with Crippen molar-refractivity contribution in [2.24, 2.45) is 17.3 Å². The van der Waals surface area contributed by atoms with Gasteiger partial charge in [-0.2, -0.15) is 0 Å². The maximum Gasteiger partial charge on any atom is 0.308 e. The van der Waals surface area contributed by atoms with Gasteiger partial charge in [-0.05, 0) is 72.8 Å². The van der Waals surface area contributed by atoms with E-state index in [1.807, 2.05) is 12.1 Å². The summed E-state index contributed by atoms with van der Waals surface area (Å²) in [6.07, 6.45) is 7.55. The first kappa shape index (κ1) is 17.3. The third kappa shape index (κ3) is 2.76. The lowest BCUT2D eigenvalue weighted by atomic mass is 9.60. The van der Waals surface area contributed by atoms with Crippen LogP contribution in [-0.2, 0) is 20.7 Å². The summed E-state index contributed by atoms with van der Waals surface area (Å²) in [5.74, 6) is 1.27. The second kappa shape index (κ2) is 6.26. The van der Waals surface area contributed by atoms with Crippen LogP contribution in [0.3, 0.4) is 0 Å². The van der Waals surface area contributed by atoms with Gasteiger partial charge < -0.3 is 9.47 Å². The lowest BCUT2D eigenvalue weighted by molar-refractivity contribution is -0.152. The number of hydrogen-bond donors (Lipinski definition) is 0. The molecule has 0 heterocycles. The highest BCUT2D eigenvalue weighted by atomic mass is 16.5. The van der Waals surface area contributed by atoms with Crippen molar-refractivity contribution in [3.05, 3.63) is 35.4 Å². The Morgan fingerprint density at radius 1 is 1.12 bits per heavy atom. The molecular weight excluding hydrogens is 328 g/mol. The number of rotatable bonds is 2. The first-order valence-electron chi connectivity index (χ1n) is 9.57. The van der Waals surface area contributed by atoms with Gasteiger partial charge in [0.2, 0.25) is 0 Å². The SMILES string of the molecule is CC(=O)Oc1ccc2c(c1)CC[C@H]1C2=CC[C@]2(C)[C@@H](OC(C)=O)CC[C@@H]12. The summed E-state index contributed by atoms with van der Waals surface area (Å²) in [4.78, 5) is 22.7. The Morgan fingerprint density at radius 2 is 1.92 bits per heavy atom. The molecule has 0 unspecified atom stereocenters. The Balaban J connectivity index is 1.65. The average Bonchev–Trinajstić information content (AvgIpc) is 2.90. The normalized spacial score (nSPS) is 32.0. The minimum Gasteiger partial charge on any atom is -0.462 e. The number of hydrogen-bond acceptors (Lipinski definition) is 4. The van der Waals surface area contributed by atoms with Crippen LogP contribution >= 0.6 is 0 Å². The molecule has 1 aromatic carbocycles. The van der Waals surface area contributed by atoms with Crippen LogP contribution in [0.4, 0.5) is 0 Å². The van der Waals surface area contributed by atoms with E-state index in [0.717, 1.165) is 32.1 Å². The zero-order valence-electron chi connectivity index (χ0n) is 15.7. The molecule has 26 heavy (non-hydrogen) atoms.